The normalized spacial score (nSPS) is 11.5. The Bertz CT molecular complexity index is 514. The summed E-state index contributed by atoms with van der Waals surface area (Å²) in [6.45, 7) is 6.39. The van der Waals surface area contributed by atoms with Gasteiger partial charge in [0.25, 0.3) is 0 Å². The second-order valence-electron chi connectivity index (χ2n) is 4.89. The van der Waals surface area contributed by atoms with E-state index in [1.807, 2.05) is 18.2 Å². The van der Waals surface area contributed by atoms with Crippen LogP contribution in [0.2, 0.25) is 0 Å². The van der Waals surface area contributed by atoms with E-state index in [4.69, 9.17) is 0 Å². The number of anilines is 1. The maximum absolute atomic E-state index is 4.60. The van der Waals surface area contributed by atoms with Gasteiger partial charge < -0.3 is 5.32 Å². The summed E-state index contributed by atoms with van der Waals surface area (Å²) in [7, 11) is 0. The van der Waals surface area contributed by atoms with E-state index in [-0.39, 0.29) is 5.54 Å². The number of aromatic nitrogens is 1. The summed E-state index contributed by atoms with van der Waals surface area (Å²) in [6, 6.07) is 8.14. The van der Waals surface area contributed by atoms with Gasteiger partial charge in [0.15, 0.2) is 5.13 Å². The SMILES string of the molecule is CC(C)(C)Nc1nc(-c2ccccc2Br)cs1. The summed E-state index contributed by atoms with van der Waals surface area (Å²) < 4.78 is 1.08. The molecule has 0 saturated heterocycles. The van der Waals surface area contributed by atoms with Gasteiger partial charge in [-0.3, -0.25) is 0 Å². The van der Waals surface area contributed by atoms with Crippen molar-refractivity contribution in [2.75, 3.05) is 5.32 Å². The Morgan fingerprint density at radius 3 is 2.59 bits per heavy atom. The summed E-state index contributed by atoms with van der Waals surface area (Å²) in [5.74, 6) is 0. The van der Waals surface area contributed by atoms with Crippen molar-refractivity contribution in [1.82, 2.24) is 4.98 Å². The standard InChI is InChI=1S/C13H15BrN2S/c1-13(2,3)16-12-15-11(8-17-12)9-6-4-5-7-10(9)14/h4-8H,1-3H3,(H,15,16). The molecular weight excluding hydrogens is 296 g/mol. The Kier molecular flexibility index (Phi) is 3.54. The van der Waals surface area contributed by atoms with Crippen LogP contribution in [0.15, 0.2) is 34.1 Å². The molecule has 0 bridgehead atoms. The lowest BCUT2D eigenvalue weighted by Gasteiger charge is -2.19. The molecule has 1 N–H and O–H groups in total. The van der Waals surface area contributed by atoms with Gasteiger partial charge in [-0.2, -0.15) is 0 Å². The summed E-state index contributed by atoms with van der Waals surface area (Å²) >= 11 is 5.18. The van der Waals surface area contributed by atoms with Gasteiger partial charge in [0, 0.05) is 21.0 Å². The highest BCUT2D eigenvalue weighted by atomic mass is 79.9. The minimum Gasteiger partial charge on any atom is -0.357 e. The highest BCUT2D eigenvalue weighted by Crippen LogP contribution is 2.31. The zero-order chi connectivity index (χ0) is 12.5. The Labute approximate surface area is 114 Å². The van der Waals surface area contributed by atoms with Crippen LogP contribution in [0.25, 0.3) is 11.3 Å². The summed E-state index contributed by atoms with van der Waals surface area (Å²) in [6.07, 6.45) is 0. The molecule has 2 rings (SSSR count). The first-order chi connectivity index (χ1) is 7.96. The molecule has 1 aromatic carbocycles. The molecule has 2 aromatic rings. The maximum Gasteiger partial charge on any atom is 0.183 e. The van der Waals surface area contributed by atoms with E-state index in [0.29, 0.717) is 0 Å². The highest BCUT2D eigenvalue weighted by molar-refractivity contribution is 9.10. The van der Waals surface area contributed by atoms with Gasteiger partial charge in [0.1, 0.15) is 0 Å². The average Bonchev–Trinajstić information content (AvgIpc) is 2.64. The van der Waals surface area contributed by atoms with Crippen LogP contribution < -0.4 is 5.32 Å². The van der Waals surface area contributed by atoms with E-state index < -0.39 is 0 Å². The van der Waals surface area contributed by atoms with Gasteiger partial charge in [-0.15, -0.1) is 11.3 Å². The maximum atomic E-state index is 4.60. The molecule has 0 spiro atoms. The largest absolute Gasteiger partial charge is 0.357 e. The molecular formula is C13H15BrN2S. The smallest absolute Gasteiger partial charge is 0.183 e. The molecule has 2 nitrogen and oxygen atoms in total. The van der Waals surface area contributed by atoms with E-state index in [1.165, 1.54) is 0 Å². The molecule has 0 unspecified atom stereocenters. The van der Waals surface area contributed by atoms with E-state index in [1.54, 1.807) is 11.3 Å². The van der Waals surface area contributed by atoms with E-state index in [9.17, 15) is 0 Å². The Morgan fingerprint density at radius 2 is 1.94 bits per heavy atom. The van der Waals surface area contributed by atoms with Crippen molar-refractivity contribution in [2.45, 2.75) is 26.3 Å². The summed E-state index contributed by atoms with van der Waals surface area (Å²) in [5, 5.41) is 6.42. The highest BCUT2D eigenvalue weighted by Gasteiger charge is 2.13. The Hall–Kier alpha value is -0.870. The van der Waals surface area contributed by atoms with Gasteiger partial charge in [-0.05, 0) is 26.8 Å². The fraction of sp³-hybridized carbons (Fsp3) is 0.308. The van der Waals surface area contributed by atoms with Gasteiger partial charge >= 0.3 is 0 Å². The molecule has 0 atom stereocenters. The molecule has 0 aliphatic heterocycles. The third kappa shape index (κ3) is 3.30. The molecule has 0 fully saturated rings. The zero-order valence-electron chi connectivity index (χ0n) is 10.1. The van der Waals surface area contributed by atoms with E-state index in [0.717, 1.165) is 20.9 Å². The monoisotopic (exact) mass is 310 g/mol. The molecule has 0 saturated carbocycles. The fourth-order valence-corrected chi connectivity index (χ4v) is 2.85. The fourth-order valence-electron chi connectivity index (χ4n) is 1.44. The first kappa shape index (κ1) is 12.6. The number of thiazole rings is 1. The van der Waals surface area contributed by atoms with Gasteiger partial charge in [0.05, 0.1) is 5.69 Å². The second kappa shape index (κ2) is 4.78. The van der Waals surface area contributed by atoms with E-state index >= 15 is 0 Å². The van der Waals surface area contributed by atoms with Crippen LogP contribution in [-0.2, 0) is 0 Å². The first-order valence-corrected chi connectivity index (χ1v) is 7.11. The summed E-state index contributed by atoms with van der Waals surface area (Å²) in [5.41, 5.74) is 2.18. The third-order valence-electron chi connectivity index (χ3n) is 2.14. The molecule has 0 aliphatic rings. The predicted molar refractivity (Wildman–Crippen MR) is 78.6 cm³/mol. The molecule has 0 aliphatic carbocycles. The van der Waals surface area contributed by atoms with Crippen molar-refractivity contribution in [2.24, 2.45) is 0 Å². The third-order valence-corrected chi connectivity index (χ3v) is 3.59. The van der Waals surface area contributed by atoms with Crippen LogP contribution in [-0.4, -0.2) is 10.5 Å². The van der Waals surface area contributed by atoms with E-state index in [2.05, 4.69) is 58.4 Å². The molecule has 0 radical (unpaired) electrons. The van der Waals surface area contributed by atoms with Gasteiger partial charge in [-0.25, -0.2) is 4.98 Å². The summed E-state index contributed by atoms with van der Waals surface area (Å²) in [4.78, 5) is 4.60. The predicted octanol–water partition coefficient (Wildman–Crippen LogP) is 4.78. The lowest BCUT2D eigenvalue weighted by Crippen LogP contribution is -2.25. The number of hydrogen-bond acceptors (Lipinski definition) is 3. The van der Waals surface area contributed by atoms with Crippen molar-refractivity contribution < 1.29 is 0 Å². The zero-order valence-corrected chi connectivity index (χ0v) is 12.5. The number of hydrogen-bond donors (Lipinski definition) is 1. The van der Waals surface area contributed by atoms with Crippen molar-refractivity contribution in [3.8, 4) is 11.3 Å². The van der Waals surface area contributed by atoms with Gasteiger partial charge in [-0.1, -0.05) is 34.1 Å². The number of rotatable bonds is 2. The number of nitrogens with zero attached hydrogens (tertiary/aromatic N) is 1. The van der Waals surface area contributed by atoms with Crippen LogP contribution in [0, 0.1) is 0 Å². The molecule has 0 amide bonds. The van der Waals surface area contributed by atoms with Crippen LogP contribution >= 0.6 is 27.3 Å². The molecule has 4 heteroatoms. The quantitative estimate of drug-likeness (QED) is 0.863. The molecule has 90 valence electrons. The molecule has 1 aromatic heterocycles. The van der Waals surface area contributed by atoms with Crippen LogP contribution in [0.1, 0.15) is 20.8 Å². The first-order valence-electron chi connectivity index (χ1n) is 5.44. The minimum absolute atomic E-state index is 0.0447. The minimum atomic E-state index is 0.0447. The second-order valence-corrected chi connectivity index (χ2v) is 6.61. The van der Waals surface area contributed by atoms with Crippen LogP contribution in [0.4, 0.5) is 5.13 Å². The average molecular weight is 311 g/mol. The van der Waals surface area contributed by atoms with Crippen molar-refractivity contribution in [3.05, 3.63) is 34.1 Å². The lowest BCUT2D eigenvalue weighted by molar-refractivity contribution is 0.633. The van der Waals surface area contributed by atoms with Crippen molar-refractivity contribution in [3.63, 3.8) is 0 Å². The Morgan fingerprint density at radius 1 is 1.24 bits per heavy atom. The molecule has 17 heavy (non-hydrogen) atoms. The van der Waals surface area contributed by atoms with Crippen LogP contribution in [0.5, 0.6) is 0 Å². The van der Waals surface area contributed by atoms with Crippen LogP contribution in [0.3, 0.4) is 0 Å². The topological polar surface area (TPSA) is 24.9 Å². The lowest BCUT2D eigenvalue weighted by atomic mass is 10.1. The van der Waals surface area contributed by atoms with Crippen molar-refractivity contribution in [1.29, 1.82) is 0 Å². The van der Waals surface area contributed by atoms with Crippen molar-refractivity contribution >= 4 is 32.4 Å². The molecule has 1 heterocycles. The van der Waals surface area contributed by atoms with Gasteiger partial charge in [0.2, 0.25) is 0 Å². The Balaban J connectivity index is 2.28. The number of nitrogens with one attached hydrogen (secondary N) is 1. The number of halogens is 1. The number of benzene rings is 1.